The maximum absolute atomic E-state index is 16.0. The van der Waals surface area contributed by atoms with Crippen LogP contribution in [0.25, 0.3) is 22.2 Å². The summed E-state index contributed by atoms with van der Waals surface area (Å²) in [4.78, 5) is 17.6. The number of rotatable bonds is 5. The number of hydrogen-bond acceptors (Lipinski definition) is 8. The Labute approximate surface area is 217 Å². The number of nitrogens with zero attached hydrogens (tertiary/aromatic N) is 5. The van der Waals surface area contributed by atoms with E-state index in [1.807, 2.05) is 0 Å². The number of benzene rings is 1. The molecule has 11 heteroatoms. The van der Waals surface area contributed by atoms with Gasteiger partial charge in [-0.05, 0) is 44.4 Å². The van der Waals surface area contributed by atoms with Gasteiger partial charge >= 0.3 is 6.01 Å². The highest BCUT2D eigenvalue weighted by Gasteiger charge is 2.49. The Bertz CT molecular complexity index is 1380. The highest BCUT2D eigenvalue weighted by atomic mass is 19.1. The third-order valence-electron chi connectivity index (χ3n) is 8.62. The third kappa shape index (κ3) is 3.86. The minimum atomic E-state index is -0.900. The summed E-state index contributed by atoms with van der Waals surface area (Å²) in [7, 11) is 0. The van der Waals surface area contributed by atoms with Crippen LogP contribution in [-0.2, 0) is 0 Å². The predicted octanol–water partition coefficient (Wildman–Crippen LogP) is 3.57. The number of hydrogen-bond donors (Lipinski definition) is 2. The quantitative estimate of drug-likeness (QED) is 0.522. The molecule has 2 N–H and O–H groups in total. The van der Waals surface area contributed by atoms with Gasteiger partial charge in [-0.1, -0.05) is 6.07 Å². The summed E-state index contributed by atoms with van der Waals surface area (Å²) in [5, 5.41) is 14.2. The zero-order chi connectivity index (χ0) is 26.0. The van der Waals surface area contributed by atoms with Crippen molar-refractivity contribution in [2.75, 3.05) is 37.7 Å². The number of piperazine rings is 1. The summed E-state index contributed by atoms with van der Waals surface area (Å²) in [5.74, 6) is -1.56. The smallest absolute Gasteiger partial charge is 0.319 e. The topological polar surface area (TPSA) is 86.6 Å². The first-order valence-electron chi connectivity index (χ1n) is 13.3. The number of halogens is 3. The van der Waals surface area contributed by atoms with Crippen molar-refractivity contribution in [1.29, 1.82) is 0 Å². The van der Waals surface area contributed by atoms with Gasteiger partial charge in [-0.2, -0.15) is 9.97 Å². The minimum Gasteiger partial charge on any atom is -0.507 e. The van der Waals surface area contributed by atoms with Crippen molar-refractivity contribution < 1.29 is 23.0 Å². The molecule has 0 aliphatic carbocycles. The number of aromatic nitrogens is 3. The standard InChI is InChI=1S/C27H29F3N6O2/c28-15-9-27(7-2-8-36(27)11-15)14-38-26-33-23-18(25(34-26)35-12-16-5-6-17(13-35)32-16)10-31-24(22(23)30)21-19(29)3-1-4-20(21)37/h1,3-4,10,15-17,32,37H,2,5-9,11-14H2/t15-,16?,17?,27+/m1/s1. The van der Waals surface area contributed by atoms with Gasteiger partial charge in [-0.25, -0.2) is 13.2 Å². The first-order chi connectivity index (χ1) is 18.4. The van der Waals surface area contributed by atoms with E-state index < -0.39 is 29.1 Å². The zero-order valence-corrected chi connectivity index (χ0v) is 20.8. The van der Waals surface area contributed by atoms with Crippen LogP contribution in [0.4, 0.5) is 19.0 Å². The fourth-order valence-corrected chi connectivity index (χ4v) is 6.87. The Balaban J connectivity index is 1.32. The first kappa shape index (κ1) is 23.9. The van der Waals surface area contributed by atoms with Crippen molar-refractivity contribution in [2.45, 2.75) is 55.9 Å². The van der Waals surface area contributed by atoms with Crippen LogP contribution in [-0.4, -0.2) is 81.5 Å². The molecule has 8 nitrogen and oxygen atoms in total. The monoisotopic (exact) mass is 526 g/mol. The van der Waals surface area contributed by atoms with Crippen LogP contribution in [0.1, 0.15) is 32.1 Å². The molecular formula is C27H29F3N6O2. The molecule has 7 rings (SSSR count). The molecule has 2 bridgehead atoms. The van der Waals surface area contributed by atoms with Gasteiger partial charge < -0.3 is 20.1 Å². The summed E-state index contributed by atoms with van der Waals surface area (Å²) >= 11 is 0. The van der Waals surface area contributed by atoms with Gasteiger partial charge in [-0.15, -0.1) is 0 Å². The molecule has 200 valence electrons. The molecular weight excluding hydrogens is 497 g/mol. The lowest BCUT2D eigenvalue weighted by Gasteiger charge is -2.34. The van der Waals surface area contributed by atoms with E-state index in [0.29, 0.717) is 49.3 Å². The number of alkyl halides is 1. The molecule has 0 radical (unpaired) electrons. The van der Waals surface area contributed by atoms with Gasteiger partial charge in [0.1, 0.15) is 41.4 Å². The maximum Gasteiger partial charge on any atom is 0.319 e. The van der Waals surface area contributed by atoms with E-state index in [4.69, 9.17) is 9.72 Å². The van der Waals surface area contributed by atoms with Gasteiger partial charge in [-0.3, -0.25) is 9.88 Å². The van der Waals surface area contributed by atoms with E-state index in [1.54, 1.807) is 0 Å². The molecule has 0 saturated carbocycles. The third-order valence-corrected chi connectivity index (χ3v) is 8.62. The predicted molar refractivity (Wildman–Crippen MR) is 135 cm³/mol. The van der Waals surface area contributed by atoms with Gasteiger partial charge in [0.05, 0.1) is 16.5 Å². The lowest BCUT2D eigenvalue weighted by atomic mass is 9.95. The fraction of sp³-hybridized carbons (Fsp3) is 0.519. The van der Waals surface area contributed by atoms with Crippen molar-refractivity contribution in [3.63, 3.8) is 0 Å². The largest absolute Gasteiger partial charge is 0.507 e. The average Bonchev–Trinajstić information content (AvgIpc) is 3.54. The molecule has 4 aliphatic heterocycles. The Kier molecular flexibility index (Phi) is 5.63. The van der Waals surface area contributed by atoms with E-state index in [9.17, 15) is 13.9 Å². The van der Waals surface area contributed by atoms with Crippen LogP contribution < -0.4 is 15.0 Å². The second kappa shape index (κ2) is 8.94. The molecule has 3 aromatic rings. The Morgan fingerprint density at radius 3 is 2.74 bits per heavy atom. The molecule has 1 aromatic carbocycles. The molecule has 4 aliphatic rings. The van der Waals surface area contributed by atoms with Gasteiger partial charge in [0, 0.05) is 44.3 Å². The molecule has 4 fully saturated rings. The molecule has 6 heterocycles. The Morgan fingerprint density at radius 2 is 1.95 bits per heavy atom. The number of phenolic OH excluding ortho intramolecular Hbond substituents is 1. The second-order valence-corrected chi connectivity index (χ2v) is 11.1. The summed E-state index contributed by atoms with van der Waals surface area (Å²) < 4.78 is 51.1. The van der Waals surface area contributed by atoms with Crippen LogP contribution in [0.15, 0.2) is 24.4 Å². The van der Waals surface area contributed by atoms with Gasteiger partial charge in [0.25, 0.3) is 0 Å². The lowest BCUT2D eigenvalue weighted by Crippen LogP contribution is -2.51. The summed E-state index contributed by atoms with van der Waals surface area (Å²) in [6, 6.07) is 4.38. The van der Waals surface area contributed by atoms with E-state index >= 15 is 4.39 Å². The summed E-state index contributed by atoms with van der Waals surface area (Å²) in [5.41, 5.74) is -1.12. The van der Waals surface area contributed by atoms with Crippen molar-refractivity contribution >= 4 is 16.7 Å². The van der Waals surface area contributed by atoms with Crippen molar-refractivity contribution in [3.8, 4) is 23.0 Å². The summed E-state index contributed by atoms with van der Waals surface area (Å²) in [6.45, 7) is 2.82. The molecule has 0 amide bonds. The fourth-order valence-electron chi connectivity index (χ4n) is 6.87. The number of pyridine rings is 1. The molecule has 2 aromatic heterocycles. The number of anilines is 1. The molecule has 38 heavy (non-hydrogen) atoms. The minimum absolute atomic E-state index is 0.00396. The number of nitrogens with one attached hydrogen (secondary N) is 1. The van der Waals surface area contributed by atoms with E-state index in [1.165, 1.54) is 18.3 Å². The lowest BCUT2D eigenvalue weighted by molar-refractivity contribution is 0.107. The zero-order valence-electron chi connectivity index (χ0n) is 20.8. The Hall–Kier alpha value is -3.18. The number of phenols is 1. The first-order valence-corrected chi connectivity index (χ1v) is 13.3. The SMILES string of the molecule is Oc1cccc(F)c1-c1ncc2c(N3CC4CCC(C3)N4)nc(OC[C@@]34CCCN3C[C@H](F)C4)nc2c1F. The number of fused-ring (bicyclic) bond motifs is 4. The van der Waals surface area contributed by atoms with Crippen LogP contribution in [0.5, 0.6) is 11.8 Å². The number of ether oxygens (including phenoxy) is 1. The van der Waals surface area contributed by atoms with Crippen LogP contribution >= 0.6 is 0 Å². The normalized spacial score (nSPS) is 28.8. The van der Waals surface area contributed by atoms with Crippen molar-refractivity contribution in [3.05, 3.63) is 36.0 Å². The molecule has 4 atom stereocenters. The highest BCUT2D eigenvalue weighted by Crippen LogP contribution is 2.41. The maximum atomic E-state index is 16.0. The number of aromatic hydroxyl groups is 1. The van der Waals surface area contributed by atoms with Gasteiger partial charge in [0.15, 0.2) is 5.82 Å². The molecule has 4 saturated heterocycles. The summed E-state index contributed by atoms with van der Waals surface area (Å²) in [6.07, 6.45) is 4.83. The second-order valence-electron chi connectivity index (χ2n) is 11.1. The molecule has 2 unspecified atom stereocenters. The van der Waals surface area contributed by atoms with Gasteiger partial charge in [0.2, 0.25) is 0 Å². The van der Waals surface area contributed by atoms with E-state index in [-0.39, 0.29) is 29.4 Å². The van der Waals surface area contributed by atoms with Crippen LogP contribution in [0, 0.1) is 11.6 Å². The molecule has 0 spiro atoms. The average molecular weight is 527 g/mol. The van der Waals surface area contributed by atoms with Crippen LogP contribution in [0.2, 0.25) is 0 Å². The van der Waals surface area contributed by atoms with E-state index in [2.05, 4.69) is 25.1 Å². The van der Waals surface area contributed by atoms with E-state index in [0.717, 1.165) is 38.3 Å². The Morgan fingerprint density at radius 1 is 1.13 bits per heavy atom. The van der Waals surface area contributed by atoms with Crippen LogP contribution in [0.3, 0.4) is 0 Å². The highest BCUT2D eigenvalue weighted by molar-refractivity contribution is 5.92. The van der Waals surface area contributed by atoms with Crippen molar-refractivity contribution in [1.82, 2.24) is 25.2 Å². The van der Waals surface area contributed by atoms with Crippen molar-refractivity contribution in [2.24, 2.45) is 0 Å².